The van der Waals surface area contributed by atoms with E-state index in [2.05, 4.69) is 49.5 Å². The summed E-state index contributed by atoms with van der Waals surface area (Å²) < 4.78 is 0. The van der Waals surface area contributed by atoms with E-state index in [0.717, 1.165) is 52.7 Å². The van der Waals surface area contributed by atoms with Gasteiger partial charge in [0.1, 0.15) is 17.6 Å². The van der Waals surface area contributed by atoms with Crippen LogP contribution < -0.4 is 4.90 Å². The number of nitrogens with zero attached hydrogens (tertiary/aromatic N) is 2. The number of thioether (sulfide) groups is 1. The van der Waals surface area contributed by atoms with Crippen LogP contribution in [0.1, 0.15) is 22.4 Å². The van der Waals surface area contributed by atoms with E-state index in [1.54, 1.807) is 11.8 Å². The zero-order valence-corrected chi connectivity index (χ0v) is 16.2. The summed E-state index contributed by atoms with van der Waals surface area (Å²) in [5.74, 6) is 0.820. The third-order valence-electron chi connectivity index (χ3n) is 5.01. The van der Waals surface area contributed by atoms with E-state index in [-0.39, 0.29) is 0 Å². The van der Waals surface area contributed by atoms with Gasteiger partial charge in [0.05, 0.1) is 24.8 Å². The summed E-state index contributed by atoms with van der Waals surface area (Å²) in [4.78, 5) is 6.41. The molecule has 1 N–H and O–H groups in total. The lowest BCUT2D eigenvalue weighted by Gasteiger charge is -2.25. The van der Waals surface area contributed by atoms with Gasteiger partial charge in [0, 0.05) is 23.3 Å². The SMILES string of the molecule is C[NH+]1CCc2nc(SCc3ccccc3)c(C#N)c(-c3ccccc3)c2C1. The van der Waals surface area contributed by atoms with Crippen molar-refractivity contribution in [3.63, 3.8) is 0 Å². The summed E-state index contributed by atoms with van der Waals surface area (Å²) in [7, 11) is 2.21. The standard InChI is InChI=1S/C23H21N3S/c1-26-13-12-21-20(15-26)22(18-10-6-3-7-11-18)19(14-24)23(25-21)27-16-17-8-4-2-5-9-17/h2-11H,12-13,15-16H2,1H3/p+1. The van der Waals surface area contributed by atoms with Gasteiger partial charge in [0.2, 0.25) is 0 Å². The summed E-state index contributed by atoms with van der Waals surface area (Å²) in [5.41, 5.74) is 6.56. The van der Waals surface area contributed by atoms with E-state index >= 15 is 0 Å². The highest BCUT2D eigenvalue weighted by atomic mass is 32.2. The molecule has 0 radical (unpaired) electrons. The average molecular weight is 373 g/mol. The molecule has 0 bridgehead atoms. The normalized spacial score (nSPS) is 15.8. The van der Waals surface area contributed by atoms with Gasteiger partial charge < -0.3 is 4.90 Å². The van der Waals surface area contributed by atoms with Crippen molar-refractivity contribution in [3.05, 3.63) is 83.0 Å². The van der Waals surface area contributed by atoms with Crippen molar-refractivity contribution in [1.82, 2.24) is 4.98 Å². The lowest BCUT2D eigenvalue weighted by Crippen LogP contribution is -3.08. The van der Waals surface area contributed by atoms with Gasteiger partial charge in [-0.15, -0.1) is 11.8 Å². The fourth-order valence-corrected chi connectivity index (χ4v) is 4.59. The van der Waals surface area contributed by atoms with Crippen LogP contribution in [0.2, 0.25) is 0 Å². The number of benzene rings is 2. The molecular weight excluding hydrogens is 350 g/mol. The molecule has 3 aromatic rings. The van der Waals surface area contributed by atoms with Crippen molar-refractivity contribution in [2.24, 2.45) is 0 Å². The van der Waals surface area contributed by atoms with Gasteiger partial charge in [-0.2, -0.15) is 5.26 Å². The van der Waals surface area contributed by atoms with Gasteiger partial charge in [-0.05, 0) is 11.1 Å². The monoisotopic (exact) mass is 372 g/mol. The molecule has 1 atom stereocenters. The molecule has 0 amide bonds. The maximum atomic E-state index is 10.0. The first kappa shape index (κ1) is 17.8. The Hall–Kier alpha value is -2.61. The largest absolute Gasteiger partial charge is 0.333 e. The molecular formula is C23H22N3S+. The van der Waals surface area contributed by atoms with E-state index in [0.29, 0.717) is 0 Å². The minimum atomic E-state index is 0.718. The minimum Gasteiger partial charge on any atom is -0.333 e. The number of pyridine rings is 1. The van der Waals surface area contributed by atoms with Gasteiger partial charge in [-0.3, -0.25) is 0 Å². The molecule has 3 nitrogen and oxygen atoms in total. The lowest BCUT2D eigenvalue weighted by atomic mass is 9.92. The van der Waals surface area contributed by atoms with Crippen LogP contribution >= 0.6 is 11.8 Å². The van der Waals surface area contributed by atoms with E-state index in [9.17, 15) is 5.26 Å². The Balaban J connectivity index is 1.81. The number of hydrogen-bond donors (Lipinski definition) is 1. The fourth-order valence-electron chi connectivity index (χ4n) is 3.62. The van der Waals surface area contributed by atoms with E-state index in [1.807, 2.05) is 24.3 Å². The number of hydrogen-bond acceptors (Lipinski definition) is 3. The Morgan fingerprint density at radius 1 is 1.07 bits per heavy atom. The Kier molecular flexibility index (Phi) is 5.24. The van der Waals surface area contributed by atoms with Crippen LogP contribution in [0, 0.1) is 11.3 Å². The Labute approximate surface area is 164 Å². The van der Waals surface area contributed by atoms with Crippen molar-refractivity contribution < 1.29 is 4.90 Å². The molecule has 1 aromatic heterocycles. The van der Waals surface area contributed by atoms with Gasteiger partial charge in [-0.1, -0.05) is 60.7 Å². The molecule has 1 aliphatic heterocycles. The molecule has 0 aliphatic carbocycles. The van der Waals surface area contributed by atoms with Crippen molar-refractivity contribution in [2.45, 2.75) is 23.7 Å². The molecule has 1 unspecified atom stereocenters. The molecule has 2 aromatic carbocycles. The maximum absolute atomic E-state index is 10.0. The van der Waals surface area contributed by atoms with E-state index in [4.69, 9.17) is 4.98 Å². The first-order chi connectivity index (χ1) is 13.3. The molecule has 4 heteroatoms. The van der Waals surface area contributed by atoms with Crippen LogP contribution in [0.3, 0.4) is 0 Å². The molecule has 0 spiro atoms. The molecule has 27 heavy (non-hydrogen) atoms. The van der Waals surface area contributed by atoms with Gasteiger partial charge in [0.25, 0.3) is 0 Å². The highest BCUT2D eigenvalue weighted by Crippen LogP contribution is 2.36. The second-order valence-corrected chi connectivity index (χ2v) is 7.94. The summed E-state index contributed by atoms with van der Waals surface area (Å²) in [5, 5.41) is 10.9. The van der Waals surface area contributed by atoms with Crippen LogP contribution in [0.15, 0.2) is 65.7 Å². The van der Waals surface area contributed by atoms with Crippen molar-refractivity contribution in [1.29, 1.82) is 5.26 Å². The lowest BCUT2D eigenvalue weighted by molar-refractivity contribution is -0.895. The number of aromatic nitrogens is 1. The van der Waals surface area contributed by atoms with Crippen molar-refractivity contribution in [3.8, 4) is 17.2 Å². The highest BCUT2D eigenvalue weighted by Gasteiger charge is 2.26. The number of likely N-dealkylation sites (N-methyl/N-ethyl adjacent to an activating group) is 1. The number of nitriles is 1. The quantitative estimate of drug-likeness (QED) is 0.713. The zero-order valence-electron chi connectivity index (χ0n) is 15.4. The Bertz CT molecular complexity index is 978. The topological polar surface area (TPSA) is 41.1 Å². The van der Waals surface area contributed by atoms with Crippen LogP contribution in [0.25, 0.3) is 11.1 Å². The summed E-state index contributed by atoms with van der Waals surface area (Å²) >= 11 is 1.67. The Morgan fingerprint density at radius 2 is 1.78 bits per heavy atom. The minimum absolute atomic E-state index is 0.718. The molecule has 134 valence electrons. The molecule has 1 aliphatic rings. The first-order valence-corrected chi connectivity index (χ1v) is 10.2. The van der Waals surface area contributed by atoms with Crippen LogP contribution in [-0.2, 0) is 18.7 Å². The number of rotatable bonds is 4. The second kappa shape index (κ2) is 7.96. The Morgan fingerprint density at radius 3 is 2.48 bits per heavy atom. The molecule has 4 rings (SSSR count). The van der Waals surface area contributed by atoms with Crippen molar-refractivity contribution >= 4 is 11.8 Å². The van der Waals surface area contributed by atoms with Gasteiger partial charge in [-0.25, -0.2) is 4.98 Å². The molecule has 0 saturated carbocycles. The van der Waals surface area contributed by atoms with E-state index < -0.39 is 0 Å². The average Bonchev–Trinajstić information content (AvgIpc) is 2.72. The van der Waals surface area contributed by atoms with Gasteiger partial charge in [0.15, 0.2) is 0 Å². The smallest absolute Gasteiger partial charge is 0.115 e. The predicted octanol–water partition coefficient (Wildman–Crippen LogP) is 3.48. The van der Waals surface area contributed by atoms with Crippen LogP contribution in [-0.4, -0.2) is 18.6 Å². The first-order valence-electron chi connectivity index (χ1n) is 9.25. The molecule has 2 heterocycles. The predicted molar refractivity (Wildman–Crippen MR) is 110 cm³/mol. The van der Waals surface area contributed by atoms with Crippen LogP contribution in [0.4, 0.5) is 0 Å². The number of quaternary nitrogens is 1. The van der Waals surface area contributed by atoms with E-state index in [1.165, 1.54) is 16.0 Å². The third-order valence-corrected chi connectivity index (χ3v) is 6.06. The van der Waals surface area contributed by atoms with Crippen molar-refractivity contribution in [2.75, 3.05) is 13.6 Å². The molecule has 0 fully saturated rings. The maximum Gasteiger partial charge on any atom is 0.115 e. The fraction of sp³-hybridized carbons (Fsp3) is 0.217. The summed E-state index contributed by atoms with van der Waals surface area (Å²) in [6.45, 7) is 2.01. The second-order valence-electron chi connectivity index (χ2n) is 6.98. The summed E-state index contributed by atoms with van der Waals surface area (Å²) in [6, 6.07) is 23.1. The number of fused-ring (bicyclic) bond motifs is 1. The van der Waals surface area contributed by atoms with Gasteiger partial charge >= 0.3 is 0 Å². The third kappa shape index (κ3) is 3.75. The highest BCUT2D eigenvalue weighted by molar-refractivity contribution is 7.98. The zero-order chi connectivity index (χ0) is 18.6. The molecule has 0 saturated heterocycles. The summed E-state index contributed by atoms with van der Waals surface area (Å²) in [6.07, 6.45) is 0.964. The van der Waals surface area contributed by atoms with Crippen LogP contribution in [0.5, 0.6) is 0 Å². The number of nitrogens with one attached hydrogen (secondary N) is 1.